The zero-order valence-electron chi connectivity index (χ0n) is 7.11. The fourth-order valence-corrected chi connectivity index (χ4v) is 1.03. The summed E-state index contributed by atoms with van der Waals surface area (Å²) in [7, 11) is 0. The predicted octanol–water partition coefficient (Wildman–Crippen LogP) is 0.399. The Bertz CT molecular complexity index is 158. The van der Waals surface area contributed by atoms with Crippen LogP contribution in [-0.2, 0) is 9.59 Å². The molecule has 0 atom stereocenters. The average molecular weight is 316 g/mol. The normalized spacial score (nSPS) is 9.38. The van der Waals surface area contributed by atoms with Crippen LogP contribution >= 0.6 is 31.9 Å². The number of carbonyl (C=O) groups is 2. The molecule has 0 bridgehead atoms. The molecule has 0 spiro atoms. The molecule has 2 N–H and O–H groups in total. The van der Waals surface area contributed by atoms with Crippen LogP contribution in [0.2, 0.25) is 0 Å². The van der Waals surface area contributed by atoms with Gasteiger partial charge >= 0.3 is 0 Å². The quantitative estimate of drug-likeness (QED) is 0.550. The van der Waals surface area contributed by atoms with Crippen molar-refractivity contribution in [2.75, 3.05) is 23.7 Å². The van der Waals surface area contributed by atoms with E-state index < -0.39 is 0 Å². The Kier molecular flexibility index (Phi) is 8.43. The maximum absolute atomic E-state index is 10.7. The van der Waals surface area contributed by atoms with Crippen molar-refractivity contribution in [3.05, 3.63) is 0 Å². The molecule has 0 aromatic rings. The summed E-state index contributed by atoms with van der Waals surface area (Å²) in [6, 6.07) is 0. The number of halogens is 2. The van der Waals surface area contributed by atoms with Gasteiger partial charge < -0.3 is 10.6 Å². The lowest BCUT2D eigenvalue weighted by molar-refractivity contribution is -0.118. The van der Waals surface area contributed by atoms with Gasteiger partial charge in [-0.3, -0.25) is 9.59 Å². The van der Waals surface area contributed by atoms with Crippen molar-refractivity contribution in [1.29, 1.82) is 0 Å². The van der Waals surface area contributed by atoms with Gasteiger partial charge in [-0.1, -0.05) is 31.9 Å². The molecule has 76 valence electrons. The van der Waals surface area contributed by atoms with E-state index in [4.69, 9.17) is 0 Å². The van der Waals surface area contributed by atoms with Gasteiger partial charge in [0.1, 0.15) is 0 Å². The smallest absolute Gasteiger partial charge is 0.230 e. The lowest BCUT2D eigenvalue weighted by Gasteiger charge is -2.03. The minimum absolute atomic E-state index is 0.0354. The number of hydrogen-bond acceptors (Lipinski definition) is 2. The molecular formula is C7H12Br2N2O2. The molecule has 13 heavy (non-hydrogen) atoms. The minimum Gasteiger partial charge on any atom is -0.355 e. The molecule has 0 aromatic carbocycles. The first-order chi connectivity index (χ1) is 6.20. The molecule has 0 fully saturated rings. The van der Waals surface area contributed by atoms with Crippen LogP contribution in [0.3, 0.4) is 0 Å². The van der Waals surface area contributed by atoms with Crippen LogP contribution in [-0.4, -0.2) is 35.6 Å². The van der Waals surface area contributed by atoms with Crippen LogP contribution in [0.25, 0.3) is 0 Å². The molecule has 0 aromatic heterocycles. The Hall–Kier alpha value is -0.100. The van der Waals surface area contributed by atoms with Crippen LogP contribution in [0.4, 0.5) is 0 Å². The summed E-state index contributed by atoms with van der Waals surface area (Å²) in [6.45, 7) is 1.18. The van der Waals surface area contributed by atoms with Gasteiger partial charge in [-0.15, -0.1) is 0 Å². The maximum Gasteiger partial charge on any atom is 0.230 e. The van der Waals surface area contributed by atoms with Crippen molar-refractivity contribution in [3.8, 4) is 0 Å². The molecule has 0 heterocycles. The van der Waals surface area contributed by atoms with Gasteiger partial charge in [-0.05, 0) is 6.42 Å². The third kappa shape index (κ3) is 8.24. The van der Waals surface area contributed by atoms with Gasteiger partial charge in [0.25, 0.3) is 0 Å². The van der Waals surface area contributed by atoms with E-state index in [-0.39, 0.29) is 11.8 Å². The molecule has 6 heteroatoms. The van der Waals surface area contributed by atoms with Crippen molar-refractivity contribution < 1.29 is 9.59 Å². The van der Waals surface area contributed by atoms with Crippen LogP contribution in [0.5, 0.6) is 0 Å². The number of amides is 2. The number of nitrogens with one attached hydrogen (secondary N) is 2. The fraction of sp³-hybridized carbons (Fsp3) is 0.714. The van der Waals surface area contributed by atoms with Gasteiger partial charge in [0.15, 0.2) is 0 Å². The van der Waals surface area contributed by atoms with E-state index in [0.29, 0.717) is 23.7 Å². The van der Waals surface area contributed by atoms with Crippen molar-refractivity contribution >= 4 is 43.7 Å². The van der Waals surface area contributed by atoms with Gasteiger partial charge in [-0.25, -0.2) is 0 Å². The van der Waals surface area contributed by atoms with E-state index in [1.54, 1.807) is 0 Å². The second-order valence-corrected chi connectivity index (χ2v) is 3.44. The van der Waals surface area contributed by atoms with Crippen molar-refractivity contribution in [2.24, 2.45) is 0 Å². The summed E-state index contributed by atoms with van der Waals surface area (Å²) < 4.78 is 0. The minimum atomic E-state index is -0.0354. The first kappa shape index (κ1) is 12.9. The first-order valence-corrected chi connectivity index (χ1v) is 6.10. The Labute approximate surface area is 94.1 Å². The topological polar surface area (TPSA) is 58.2 Å². The first-order valence-electron chi connectivity index (χ1n) is 3.86. The molecule has 2 amide bonds. The monoisotopic (exact) mass is 314 g/mol. The van der Waals surface area contributed by atoms with E-state index in [9.17, 15) is 9.59 Å². The molecule has 0 unspecified atom stereocenters. The third-order valence-electron chi connectivity index (χ3n) is 1.24. The highest BCUT2D eigenvalue weighted by molar-refractivity contribution is 9.09. The molecule has 0 aliphatic carbocycles. The Morgan fingerprint density at radius 2 is 1.31 bits per heavy atom. The van der Waals surface area contributed by atoms with E-state index in [2.05, 4.69) is 42.5 Å². The van der Waals surface area contributed by atoms with Crippen LogP contribution < -0.4 is 10.6 Å². The lowest BCUT2D eigenvalue weighted by Crippen LogP contribution is -2.30. The van der Waals surface area contributed by atoms with Crippen molar-refractivity contribution in [2.45, 2.75) is 6.42 Å². The molecule has 0 aliphatic heterocycles. The summed E-state index contributed by atoms with van der Waals surface area (Å²) in [5.41, 5.74) is 0. The van der Waals surface area contributed by atoms with E-state index in [0.717, 1.165) is 6.42 Å². The van der Waals surface area contributed by atoms with E-state index >= 15 is 0 Å². The summed E-state index contributed by atoms with van der Waals surface area (Å²) in [5.74, 6) is -0.0707. The molecule has 0 rings (SSSR count). The van der Waals surface area contributed by atoms with Crippen LogP contribution in [0.1, 0.15) is 6.42 Å². The average Bonchev–Trinajstić information content (AvgIpc) is 2.16. The van der Waals surface area contributed by atoms with E-state index in [1.165, 1.54) is 0 Å². The molecule has 0 aliphatic rings. The van der Waals surface area contributed by atoms with E-state index in [1.807, 2.05) is 0 Å². The highest BCUT2D eigenvalue weighted by Crippen LogP contribution is 1.81. The zero-order chi connectivity index (χ0) is 10.1. The summed E-state index contributed by atoms with van der Waals surface area (Å²) >= 11 is 6.06. The highest BCUT2D eigenvalue weighted by Gasteiger charge is 1.97. The van der Waals surface area contributed by atoms with Crippen molar-refractivity contribution in [1.82, 2.24) is 10.6 Å². The Morgan fingerprint density at radius 1 is 0.923 bits per heavy atom. The summed E-state index contributed by atoms with van der Waals surface area (Å²) in [4.78, 5) is 21.4. The zero-order valence-corrected chi connectivity index (χ0v) is 10.3. The second-order valence-electron chi connectivity index (χ2n) is 2.32. The standard InChI is InChI=1S/C7H12Br2N2O2/c8-4-6(12)10-2-1-3-11-7(13)5-9/h1-5H2,(H,10,12)(H,11,13). The predicted molar refractivity (Wildman–Crippen MR) is 58.2 cm³/mol. The second kappa shape index (κ2) is 8.50. The Balaban J connectivity index is 3.17. The third-order valence-corrected chi connectivity index (χ3v) is 2.26. The van der Waals surface area contributed by atoms with Crippen molar-refractivity contribution in [3.63, 3.8) is 0 Å². The van der Waals surface area contributed by atoms with Gasteiger partial charge in [0.2, 0.25) is 11.8 Å². The molecule has 4 nitrogen and oxygen atoms in total. The van der Waals surface area contributed by atoms with Crippen LogP contribution in [0.15, 0.2) is 0 Å². The fourth-order valence-electron chi connectivity index (χ4n) is 0.638. The summed E-state index contributed by atoms with van der Waals surface area (Å²) in [6.07, 6.45) is 0.748. The number of carbonyl (C=O) groups excluding carboxylic acids is 2. The molecule has 0 radical (unpaired) electrons. The largest absolute Gasteiger partial charge is 0.355 e. The molecular weight excluding hydrogens is 304 g/mol. The maximum atomic E-state index is 10.7. The SMILES string of the molecule is O=C(CBr)NCCCNC(=O)CBr. The lowest BCUT2D eigenvalue weighted by atomic mass is 10.4. The van der Waals surface area contributed by atoms with Crippen LogP contribution in [0, 0.1) is 0 Å². The number of alkyl halides is 2. The highest BCUT2D eigenvalue weighted by atomic mass is 79.9. The number of hydrogen-bond donors (Lipinski definition) is 2. The van der Waals surface area contributed by atoms with Gasteiger partial charge in [-0.2, -0.15) is 0 Å². The summed E-state index contributed by atoms with van der Waals surface area (Å²) in [5, 5.41) is 5.99. The van der Waals surface area contributed by atoms with Gasteiger partial charge in [0.05, 0.1) is 10.7 Å². The number of rotatable bonds is 6. The van der Waals surface area contributed by atoms with Gasteiger partial charge in [0, 0.05) is 13.1 Å². The Morgan fingerprint density at radius 3 is 1.62 bits per heavy atom. The molecule has 0 saturated carbocycles. The molecule has 0 saturated heterocycles.